The molecule has 0 aliphatic carbocycles. The first-order valence-electron chi connectivity index (χ1n) is 7.91. The number of nitrogens with zero attached hydrogens (tertiary/aromatic N) is 1. The Morgan fingerprint density at radius 2 is 1.92 bits per heavy atom. The van der Waals surface area contributed by atoms with Gasteiger partial charge in [0.1, 0.15) is 5.60 Å². The molecule has 0 aromatic heterocycles. The highest BCUT2D eigenvalue weighted by Gasteiger charge is 2.28. The van der Waals surface area contributed by atoms with Gasteiger partial charge in [-0.1, -0.05) is 0 Å². The molecule has 1 saturated heterocycles. The fourth-order valence-corrected chi connectivity index (χ4v) is 2.54. The van der Waals surface area contributed by atoms with E-state index in [1.807, 2.05) is 0 Å². The van der Waals surface area contributed by atoms with Crippen LogP contribution in [0, 0.1) is 23.4 Å². The third kappa shape index (κ3) is 4.79. The van der Waals surface area contributed by atoms with Gasteiger partial charge in [0.15, 0.2) is 17.4 Å². The predicted molar refractivity (Wildman–Crippen MR) is 82.3 cm³/mol. The van der Waals surface area contributed by atoms with Gasteiger partial charge in [-0.25, -0.2) is 13.6 Å². The monoisotopic (exact) mass is 345 g/mol. The summed E-state index contributed by atoms with van der Waals surface area (Å²) in [5, 5.41) is 0. The second-order valence-corrected chi connectivity index (χ2v) is 6.92. The molecule has 2 rings (SSSR count). The fourth-order valence-electron chi connectivity index (χ4n) is 2.54. The van der Waals surface area contributed by atoms with E-state index in [-0.39, 0.29) is 12.5 Å². The quantitative estimate of drug-likeness (QED) is 0.773. The average molecular weight is 345 g/mol. The molecule has 0 spiro atoms. The van der Waals surface area contributed by atoms with Crippen LogP contribution in [0.3, 0.4) is 0 Å². The number of likely N-dealkylation sites (tertiary alicyclic amines) is 1. The van der Waals surface area contributed by atoms with E-state index < -0.39 is 34.9 Å². The van der Waals surface area contributed by atoms with Crippen molar-refractivity contribution in [2.75, 3.05) is 19.7 Å². The van der Waals surface area contributed by atoms with Crippen LogP contribution in [0.15, 0.2) is 12.1 Å². The van der Waals surface area contributed by atoms with Gasteiger partial charge in [-0.05, 0) is 45.7 Å². The summed E-state index contributed by atoms with van der Waals surface area (Å²) in [6.07, 6.45) is 1.06. The molecule has 0 unspecified atom stereocenters. The van der Waals surface area contributed by atoms with Gasteiger partial charge in [-0.2, -0.15) is 4.39 Å². The Bertz CT molecular complexity index is 601. The smallest absolute Gasteiger partial charge is 0.410 e. The Kier molecular flexibility index (Phi) is 5.62. The molecule has 1 atom stereocenters. The molecule has 1 fully saturated rings. The van der Waals surface area contributed by atoms with Gasteiger partial charge in [-0.15, -0.1) is 0 Å². The van der Waals surface area contributed by atoms with Crippen LogP contribution < -0.4 is 4.74 Å². The zero-order chi connectivity index (χ0) is 17.9. The molecule has 1 aromatic rings. The summed E-state index contributed by atoms with van der Waals surface area (Å²) in [4.78, 5) is 13.6. The first-order chi connectivity index (χ1) is 11.2. The van der Waals surface area contributed by atoms with Crippen LogP contribution in [0.4, 0.5) is 18.0 Å². The van der Waals surface area contributed by atoms with Gasteiger partial charge in [0, 0.05) is 19.0 Å². The number of carbonyl (C=O) groups excluding carboxylic acids is 1. The zero-order valence-corrected chi connectivity index (χ0v) is 14.1. The van der Waals surface area contributed by atoms with E-state index in [0.29, 0.717) is 19.2 Å². The van der Waals surface area contributed by atoms with E-state index in [2.05, 4.69) is 0 Å². The van der Waals surface area contributed by atoms with Gasteiger partial charge in [0.2, 0.25) is 5.82 Å². The van der Waals surface area contributed by atoms with Gasteiger partial charge in [0.05, 0.1) is 6.61 Å². The summed E-state index contributed by atoms with van der Waals surface area (Å²) in [6.45, 7) is 6.28. The van der Waals surface area contributed by atoms with Crippen molar-refractivity contribution in [3.05, 3.63) is 29.6 Å². The van der Waals surface area contributed by atoms with Gasteiger partial charge in [-0.3, -0.25) is 0 Å². The highest BCUT2D eigenvalue weighted by molar-refractivity contribution is 5.68. The molecule has 7 heteroatoms. The number of carbonyl (C=O) groups is 1. The van der Waals surface area contributed by atoms with Gasteiger partial charge < -0.3 is 14.4 Å². The second kappa shape index (κ2) is 7.32. The second-order valence-electron chi connectivity index (χ2n) is 6.92. The minimum absolute atomic E-state index is 0.00338. The number of ether oxygens (including phenoxy) is 2. The van der Waals surface area contributed by atoms with E-state index in [4.69, 9.17) is 9.47 Å². The lowest BCUT2D eigenvalue weighted by Gasteiger charge is -2.34. The molecule has 24 heavy (non-hydrogen) atoms. The maximum absolute atomic E-state index is 13.6. The van der Waals surface area contributed by atoms with E-state index in [0.717, 1.165) is 18.9 Å². The minimum Gasteiger partial charge on any atom is -0.487 e. The molecule has 1 aromatic carbocycles. The highest BCUT2D eigenvalue weighted by Crippen LogP contribution is 2.26. The molecule has 1 aliphatic rings. The highest BCUT2D eigenvalue weighted by atomic mass is 19.2. The Balaban J connectivity index is 1.94. The van der Waals surface area contributed by atoms with Crippen LogP contribution >= 0.6 is 0 Å². The van der Waals surface area contributed by atoms with Crippen LogP contribution in [0.25, 0.3) is 0 Å². The van der Waals surface area contributed by atoms with Crippen molar-refractivity contribution < 1.29 is 27.4 Å². The largest absolute Gasteiger partial charge is 0.487 e. The molecule has 0 N–H and O–H groups in total. The standard InChI is InChI=1S/C17H22F3NO3/c1-17(2,3)24-16(22)21-8-4-5-11(9-21)10-23-15-13(19)7-6-12(18)14(15)20/h6-7,11H,4-5,8-10H2,1-3H3/t11-/m1/s1. The predicted octanol–water partition coefficient (Wildman–Crippen LogP) is 4.13. The van der Waals surface area contributed by atoms with E-state index in [1.165, 1.54) is 0 Å². The van der Waals surface area contributed by atoms with Gasteiger partial charge in [0.25, 0.3) is 0 Å². The van der Waals surface area contributed by atoms with Crippen molar-refractivity contribution in [1.82, 2.24) is 4.90 Å². The molecule has 1 amide bonds. The van der Waals surface area contributed by atoms with Crippen molar-refractivity contribution in [2.24, 2.45) is 5.92 Å². The summed E-state index contributed by atoms with van der Waals surface area (Å²) in [7, 11) is 0. The van der Waals surface area contributed by atoms with Crippen LogP contribution in [-0.2, 0) is 4.74 Å². The van der Waals surface area contributed by atoms with Crippen LogP contribution in [0.2, 0.25) is 0 Å². The molecule has 4 nitrogen and oxygen atoms in total. The van der Waals surface area contributed by atoms with Crippen molar-refractivity contribution in [3.8, 4) is 5.75 Å². The number of piperidine rings is 1. The minimum atomic E-state index is -1.34. The fraction of sp³-hybridized carbons (Fsp3) is 0.588. The first kappa shape index (κ1) is 18.4. The third-order valence-corrected chi connectivity index (χ3v) is 3.64. The van der Waals surface area contributed by atoms with Crippen molar-refractivity contribution in [3.63, 3.8) is 0 Å². The van der Waals surface area contributed by atoms with Crippen LogP contribution in [-0.4, -0.2) is 36.3 Å². The van der Waals surface area contributed by atoms with E-state index in [1.54, 1.807) is 25.7 Å². The molecular weight excluding hydrogens is 323 g/mol. The molecule has 134 valence electrons. The zero-order valence-electron chi connectivity index (χ0n) is 14.1. The third-order valence-electron chi connectivity index (χ3n) is 3.64. The Hall–Kier alpha value is -1.92. The molecular formula is C17H22F3NO3. The SMILES string of the molecule is CC(C)(C)OC(=O)N1CCC[C@@H](COc2c(F)ccc(F)c2F)C1. The summed E-state index contributed by atoms with van der Waals surface area (Å²) in [6, 6.07) is 1.53. The number of halogens is 3. The summed E-state index contributed by atoms with van der Waals surface area (Å²) < 4.78 is 50.8. The topological polar surface area (TPSA) is 38.8 Å². The van der Waals surface area contributed by atoms with Crippen LogP contribution in [0.1, 0.15) is 33.6 Å². The summed E-state index contributed by atoms with van der Waals surface area (Å²) in [5.74, 6) is -4.27. The van der Waals surface area contributed by atoms with Crippen LogP contribution in [0.5, 0.6) is 5.75 Å². The number of benzene rings is 1. The molecule has 1 heterocycles. The number of hydrogen-bond acceptors (Lipinski definition) is 3. The average Bonchev–Trinajstić information content (AvgIpc) is 2.50. The molecule has 1 aliphatic heterocycles. The normalized spacial score (nSPS) is 18.4. The lowest BCUT2D eigenvalue weighted by Crippen LogP contribution is -2.44. The maximum atomic E-state index is 13.6. The summed E-state index contributed by atoms with van der Waals surface area (Å²) in [5.41, 5.74) is -0.589. The van der Waals surface area contributed by atoms with Crippen molar-refractivity contribution >= 4 is 6.09 Å². The van der Waals surface area contributed by atoms with E-state index >= 15 is 0 Å². The van der Waals surface area contributed by atoms with Crippen molar-refractivity contribution in [1.29, 1.82) is 0 Å². The van der Waals surface area contributed by atoms with E-state index in [9.17, 15) is 18.0 Å². The lowest BCUT2D eigenvalue weighted by molar-refractivity contribution is 0.0137. The van der Waals surface area contributed by atoms with Gasteiger partial charge >= 0.3 is 6.09 Å². The Labute approximate surface area is 139 Å². The lowest BCUT2D eigenvalue weighted by atomic mass is 9.99. The maximum Gasteiger partial charge on any atom is 0.410 e. The summed E-state index contributed by atoms with van der Waals surface area (Å²) >= 11 is 0. The Morgan fingerprint density at radius 3 is 2.58 bits per heavy atom. The number of rotatable bonds is 3. The number of amides is 1. The van der Waals surface area contributed by atoms with Crippen molar-refractivity contribution in [2.45, 2.75) is 39.2 Å². The molecule has 0 saturated carbocycles. The first-order valence-corrected chi connectivity index (χ1v) is 7.91. The molecule has 0 bridgehead atoms. The number of hydrogen-bond donors (Lipinski definition) is 0. The Morgan fingerprint density at radius 1 is 1.25 bits per heavy atom. The molecule has 0 radical (unpaired) electrons.